The van der Waals surface area contributed by atoms with E-state index >= 15 is 0 Å². The molecule has 7 nitrogen and oxygen atoms in total. The summed E-state index contributed by atoms with van der Waals surface area (Å²) in [7, 11) is -3.37. The molecule has 0 saturated carbocycles. The molecule has 158 valence electrons. The molecule has 0 bridgehead atoms. The van der Waals surface area contributed by atoms with Crippen LogP contribution >= 0.6 is 11.6 Å². The van der Waals surface area contributed by atoms with Gasteiger partial charge in [-0.15, -0.1) is 0 Å². The van der Waals surface area contributed by atoms with E-state index in [-0.39, 0.29) is 11.9 Å². The molecule has 0 saturated heterocycles. The summed E-state index contributed by atoms with van der Waals surface area (Å²) in [6.07, 6.45) is 1.09. The summed E-state index contributed by atoms with van der Waals surface area (Å²) in [5.74, 6) is -0.234. The van der Waals surface area contributed by atoms with Gasteiger partial charge in [-0.3, -0.25) is 9.52 Å². The lowest BCUT2D eigenvalue weighted by Gasteiger charge is -2.16. The molecule has 1 amide bonds. The van der Waals surface area contributed by atoms with Crippen molar-refractivity contribution in [1.29, 1.82) is 0 Å². The van der Waals surface area contributed by atoms with E-state index in [0.29, 0.717) is 16.3 Å². The number of nitrogens with zero attached hydrogens (tertiary/aromatic N) is 2. The summed E-state index contributed by atoms with van der Waals surface area (Å²) in [6.45, 7) is 5.57. The Hall–Kier alpha value is -2.84. The number of aryl methyl sites for hydroxylation is 1. The quantitative estimate of drug-likeness (QED) is 0.598. The van der Waals surface area contributed by atoms with Crippen molar-refractivity contribution < 1.29 is 13.2 Å². The number of carbonyl (C=O) groups excluding carboxylic acids is 1. The molecule has 2 N–H and O–H groups in total. The normalized spacial score (nSPS) is 12.4. The van der Waals surface area contributed by atoms with E-state index in [1.807, 2.05) is 39.0 Å². The molecular weight excluding hydrogens is 424 g/mol. The Morgan fingerprint density at radius 2 is 1.80 bits per heavy atom. The van der Waals surface area contributed by atoms with Crippen LogP contribution in [0.4, 0.5) is 5.69 Å². The lowest BCUT2D eigenvalue weighted by atomic mass is 10.1. The first-order chi connectivity index (χ1) is 14.0. The van der Waals surface area contributed by atoms with E-state index < -0.39 is 10.0 Å². The van der Waals surface area contributed by atoms with Crippen molar-refractivity contribution in [1.82, 2.24) is 15.1 Å². The molecule has 9 heteroatoms. The van der Waals surface area contributed by atoms with Crippen molar-refractivity contribution in [3.05, 3.63) is 76.1 Å². The van der Waals surface area contributed by atoms with Crippen LogP contribution < -0.4 is 10.0 Å². The van der Waals surface area contributed by atoms with Gasteiger partial charge in [0.1, 0.15) is 0 Å². The molecular formula is C21H23ClN4O3S. The van der Waals surface area contributed by atoms with Crippen LogP contribution in [0.2, 0.25) is 5.02 Å². The monoisotopic (exact) mass is 446 g/mol. The fourth-order valence-electron chi connectivity index (χ4n) is 3.08. The Labute approximate surface area is 181 Å². The summed E-state index contributed by atoms with van der Waals surface area (Å²) in [4.78, 5) is 12.6. The zero-order valence-corrected chi connectivity index (χ0v) is 18.7. The fraction of sp³-hybridized carbons (Fsp3) is 0.238. The number of hydrogen-bond donors (Lipinski definition) is 2. The minimum Gasteiger partial charge on any atom is -0.346 e. The van der Waals surface area contributed by atoms with Gasteiger partial charge in [-0.2, -0.15) is 5.10 Å². The molecule has 0 spiro atoms. The predicted octanol–water partition coefficient (Wildman–Crippen LogP) is 4.01. The lowest BCUT2D eigenvalue weighted by molar-refractivity contribution is 0.0940. The zero-order chi connectivity index (χ0) is 22.1. The van der Waals surface area contributed by atoms with E-state index in [4.69, 9.17) is 11.6 Å². The summed E-state index contributed by atoms with van der Waals surface area (Å²) >= 11 is 6.21. The Kier molecular flexibility index (Phi) is 6.19. The maximum Gasteiger partial charge on any atom is 0.251 e. The second-order valence-corrected chi connectivity index (χ2v) is 9.26. The number of nitrogens with one attached hydrogen (secondary N) is 2. The first kappa shape index (κ1) is 21.9. The number of benzene rings is 2. The number of rotatable bonds is 6. The molecule has 1 aromatic heterocycles. The highest BCUT2D eigenvalue weighted by atomic mass is 35.5. The highest BCUT2D eigenvalue weighted by Gasteiger charge is 2.14. The van der Waals surface area contributed by atoms with Crippen LogP contribution in [0.1, 0.15) is 40.3 Å². The number of sulfonamides is 1. The van der Waals surface area contributed by atoms with Gasteiger partial charge in [-0.25, -0.2) is 13.1 Å². The Morgan fingerprint density at radius 3 is 2.37 bits per heavy atom. The van der Waals surface area contributed by atoms with Crippen LogP contribution in [-0.2, 0) is 10.0 Å². The molecule has 0 aliphatic carbocycles. The molecule has 3 aromatic rings. The van der Waals surface area contributed by atoms with Crippen LogP contribution in [0, 0.1) is 13.8 Å². The SMILES string of the molecule is Cc1nn(-c2ccc(C(=O)NC(C)c3cccc(NS(C)(=O)=O)c3)cc2)c(C)c1Cl. The molecule has 2 aromatic carbocycles. The highest BCUT2D eigenvalue weighted by Crippen LogP contribution is 2.23. The first-order valence-corrected chi connectivity index (χ1v) is 11.5. The van der Waals surface area contributed by atoms with Gasteiger partial charge in [-0.05, 0) is 62.7 Å². The summed E-state index contributed by atoms with van der Waals surface area (Å²) in [5.41, 5.74) is 4.13. The first-order valence-electron chi connectivity index (χ1n) is 9.26. The summed E-state index contributed by atoms with van der Waals surface area (Å²) in [5, 5.41) is 7.96. The second kappa shape index (κ2) is 8.49. The number of anilines is 1. The smallest absolute Gasteiger partial charge is 0.251 e. The number of amides is 1. The van der Waals surface area contributed by atoms with Crippen LogP contribution in [0.3, 0.4) is 0 Å². The van der Waals surface area contributed by atoms with Crippen molar-refractivity contribution in [2.75, 3.05) is 11.0 Å². The van der Waals surface area contributed by atoms with Gasteiger partial charge < -0.3 is 5.32 Å². The molecule has 3 rings (SSSR count). The van der Waals surface area contributed by atoms with E-state index in [1.54, 1.807) is 35.0 Å². The van der Waals surface area contributed by atoms with Crippen LogP contribution in [0.25, 0.3) is 5.69 Å². The maximum atomic E-state index is 12.6. The van der Waals surface area contributed by atoms with Crippen molar-refractivity contribution in [3.8, 4) is 5.69 Å². The highest BCUT2D eigenvalue weighted by molar-refractivity contribution is 7.92. The zero-order valence-electron chi connectivity index (χ0n) is 17.1. The molecule has 0 fully saturated rings. The van der Waals surface area contributed by atoms with Crippen molar-refractivity contribution in [2.45, 2.75) is 26.8 Å². The minimum absolute atomic E-state index is 0.234. The number of hydrogen-bond acceptors (Lipinski definition) is 4. The van der Waals surface area contributed by atoms with Crippen LogP contribution in [0.5, 0.6) is 0 Å². The van der Waals surface area contributed by atoms with Crippen molar-refractivity contribution in [2.24, 2.45) is 0 Å². The van der Waals surface area contributed by atoms with Gasteiger partial charge in [0.05, 0.1) is 34.4 Å². The number of carbonyl (C=O) groups is 1. The largest absolute Gasteiger partial charge is 0.346 e. The van der Waals surface area contributed by atoms with Crippen molar-refractivity contribution in [3.63, 3.8) is 0 Å². The average molecular weight is 447 g/mol. The summed E-state index contributed by atoms with van der Waals surface area (Å²) < 4.78 is 27.0. The third kappa shape index (κ3) is 5.01. The van der Waals surface area contributed by atoms with Gasteiger partial charge in [0.15, 0.2) is 0 Å². The molecule has 0 radical (unpaired) electrons. The fourth-order valence-corrected chi connectivity index (χ4v) is 3.75. The maximum absolute atomic E-state index is 12.6. The van der Waals surface area contributed by atoms with Crippen molar-refractivity contribution >= 4 is 33.2 Å². The third-order valence-corrected chi connectivity index (χ3v) is 5.77. The second-order valence-electron chi connectivity index (χ2n) is 7.14. The lowest BCUT2D eigenvalue weighted by Crippen LogP contribution is -2.26. The van der Waals surface area contributed by atoms with Gasteiger partial charge in [0.2, 0.25) is 10.0 Å². The van der Waals surface area contributed by atoms with Gasteiger partial charge >= 0.3 is 0 Å². The summed E-state index contributed by atoms with van der Waals surface area (Å²) in [6, 6.07) is 13.7. The molecule has 1 atom stereocenters. The molecule has 30 heavy (non-hydrogen) atoms. The van der Waals surface area contributed by atoms with E-state index in [9.17, 15) is 13.2 Å². The number of halogens is 1. The van der Waals surface area contributed by atoms with E-state index in [0.717, 1.165) is 28.9 Å². The Bertz CT molecular complexity index is 1190. The van der Waals surface area contributed by atoms with Crippen LogP contribution in [-0.4, -0.2) is 30.4 Å². The standard InChI is InChI=1S/C21H23ClN4O3S/c1-13(17-6-5-7-18(12-17)25-30(4,28)29)23-21(27)16-8-10-19(11-9-16)26-15(3)20(22)14(2)24-26/h5-13,25H,1-4H3,(H,23,27). The molecule has 0 aliphatic heterocycles. The predicted molar refractivity (Wildman–Crippen MR) is 119 cm³/mol. The molecule has 0 aliphatic rings. The topological polar surface area (TPSA) is 93.1 Å². The molecule has 1 unspecified atom stereocenters. The third-order valence-electron chi connectivity index (χ3n) is 4.61. The van der Waals surface area contributed by atoms with Gasteiger partial charge in [-0.1, -0.05) is 23.7 Å². The Balaban J connectivity index is 1.73. The Morgan fingerprint density at radius 1 is 1.13 bits per heavy atom. The van der Waals surface area contributed by atoms with Gasteiger partial charge in [0, 0.05) is 11.3 Å². The van der Waals surface area contributed by atoms with Gasteiger partial charge in [0.25, 0.3) is 5.91 Å². The van der Waals surface area contributed by atoms with E-state index in [1.165, 1.54) is 0 Å². The average Bonchev–Trinajstić information content (AvgIpc) is 2.94. The molecule has 1 heterocycles. The number of aromatic nitrogens is 2. The minimum atomic E-state index is -3.37. The van der Waals surface area contributed by atoms with Crippen LogP contribution in [0.15, 0.2) is 48.5 Å². The van der Waals surface area contributed by atoms with E-state index in [2.05, 4.69) is 15.1 Å².